The van der Waals surface area contributed by atoms with Crippen molar-refractivity contribution < 1.29 is 4.79 Å². The van der Waals surface area contributed by atoms with Crippen molar-refractivity contribution in [1.82, 2.24) is 4.98 Å². The molecule has 0 fully saturated rings. The first-order valence-electron chi connectivity index (χ1n) is 3.81. The summed E-state index contributed by atoms with van der Waals surface area (Å²) in [6.07, 6.45) is 1.54. The Morgan fingerprint density at radius 3 is 2.54 bits per heavy atom. The summed E-state index contributed by atoms with van der Waals surface area (Å²) in [5.74, 6) is -0.333. The number of rotatable bonds is 1. The van der Waals surface area contributed by atoms with Gasteiger partial charge in [0.2, 0.25) is 0 Å². The van der Waals surface area contributed by atoms with Crippen LogP contribution in [0.15, 0.2) is 18.3 Å². The zero-order chi connectivity index (χ0) is 9.40. The molecule has 79 valence electrons. The molecule has 3 nitrogen and oxygen atoms in total. The molecule has 4 heteroatoms. The van der Waals surface area contributed by atoms with Gasteiger partial charge in [0.1, 0.15) is 0 Å². The molecule has 0 aliphatic heterocycles. The molecule has 0 aliphatic carbocycles. The molecule has 0 unspecified atom stereocenters. The zero-order valence-electron chi connectivity index (χ0n) is 7.81. The van der Waals surface area contributed by atoms with Gasteiger partial charge in [0, 0.05) is 0 Å². The van der Waals surface area contributed by atoms with Crippen LogP contribution in [0.3, 0.4) is 0 Å². The second-order valence-electron chi connectivity index (χ2n) is 1.66. The maximum absolute atomic E-state index is 10.8. The van der Waals surface area contributed by atoms with Crippen molar-refractivity contribution in [2.24, 2.45) is 0 Å². The van der Waals surface area contributed by atoms with Crippen LogP contribution in [-0.4, -0.2) is 17.9 Å². The molecule has 1 rings (SSSR count). The fraction of sp³-hybridized carbons (Fsp3) is 0.333. The first kappa shape index (κ1) is 13.2. The normalized spacial score (nSPS) is 7.31. The maximum atomic E-state index is 10.8. The van der Waals surface area contributed by atoms with E-state index in [4.69, 9.17) is 0 Å². The first-order valence-corrected chi connectivity index (χ1v) is 3.81. The van der Waals surface area contributed by atoms with Crippen LogP contribution in [0.5, 0.6) is 0 Å². The van der Waals surface area contributed by atoms with E-state index in [0.29, 0.717) is 0 Å². The van der Waals surface area contributed by atoms with Crippen molar-refractivity contribution >= 4 is 5.91 Å². The minimum atomic E-state index is -0.333. The standard InChI is InChI=1S/C7H7N2O.C2H6.Md/c1-8-7(10)6-4-2-3-5-9-6;1-2;/h2-3,5H,1H3,(H,8,10);1-2H3;/q-1;;/p-1. The third-order valence-electron chi connectivity index (χ3n) is 1.01. The van der Waals surface area contributed by atoms with E-state index in [1.54, 1.807) is 12.1 Å². The van der Waals surface area contributed by atoms with E-state index in [9.17, 15) is 4.79 Å². The Labute approximate surface area is 72.8 Å². The van der Waals surface area contributed by atoms with Gasteiger partial charge in [-0.1, -0.05) is 13.8 Å². The van der Waals surface area contributed by atoms with E-state index in [2.05, 4.69) is 16.4 Å². The summed E-state index contributed by atoms with van der Waals surface area (Å²) >= 11 is 0. The molecule has 0 spiro atoms. The molecule has 0 saturated carbocycles. The first-order chi connectivity index (χ1) is 5.84. The third kappa shape index (κ3) is 4.14. The van der Waals surface area contributed by atoms with Gasteiger partial charge in [-0.3, -0.25) is 4.98 Å². The quantitative estimate of drug-likeness (QED) is 0.651. The maximum Gasteiger partial charge on any atom is 0 e. The third-order valence-corrected chi connectivity index (χ3v) is 1.01. The monoisotopic (exact) mass is 422 g/mol. The van der Waals surface area contributed by atoms with Gasteiger partial charge in [-0.25, -0.2) is 0 Å². The Bertz CT molecular complexity index is 226. The fourth-order valence-corrected chi connectivity index (χ4v) is 0.548. The van der Waals surface area contributed by atoms with Gasteiger partial charge in [-0.15, -0.1) is 6.07 Å². The molecule has 0 aromatic carbocycles. The number of carbonyl (C=O) groups excluding carboxylic acids is 1. The largest absolute Gasteiger partial charge is 0.710 e. The van der Waals surface area contributed by atoms with Gasteiger partial charge in [-0.05, 0) is 17.8 Å². The van der Waals surface area contributed by atoms with Crippen LogP contribution >= 0.6 is 0 Å². The number of hydrogen-bond acceptors (Lipinski definition) is 2. The van der Waals surface area contributed by atoms with Crippen LogP contribution in [0.4, 0.5) is 0 Å². The van der Waals surface area contributed by atoms with Gasteiger partial charge in [0.25, 0.3) is 0 Å². The van der Waals surface area contributed by atoms with Crippen LogP contribution in [0.1, 0.15) is 24.3 Å². The molecule has 0 saturated heterocycles. The van der Waals surface area contributed by atoms with E-state index < -0.39 is 0 Å². The van der Waals surface area contributed by atoms with E-state index in [1.165, 1.54) is 13.2 Å². The summed E-state index contributed by atoms with van der Waals surface area (Å²) < 4.78 is 0. The number of amides is 1. The van der Waals surface area contributed by atoms with Gasteiger partial charge in [-0.2, -0.15) is 19.2 Å². The van der Waals surface area contributed by atoms with Crippen LogP contribution in [-0.2, 0) is 0 Å². The summed E-state index contributed by atoms with van der Waals surface area (Å²) in [7, 11) is 1.44. The number of pyridine rings is 1. The molecule has 13 heavy (non-hydrogen) atoms. The summed E-state index contributed by atoms with van der Waals surface area (Å²) in [6, 6.07) is 6.00. The average Bonchev–Trinajstić information content (AvgIpc) is 2.21. The minimum absolute atomic E-state index is 0. The number of carbonyl (C=O) groups is 1. The van der Waals surface area contributed by atoms with Crippen molar-refractivity contribution in [3.63, 3.8) is 0 Å². The predicted molar refractivity (Wildman–Crippen MR) is 48.0 cm³/mol. The molecule has 1 radical (unpaired) electrons. The summed E-state index contributed by atoms with van der Waals surface area (Å²) in [4.78, 5) is 14.5. The van der Waals surface area contributed by atoms with Crippen molar-refractivity contribution in [1.29, 1.82) is 0 Å². The van der Waals surface area contributed by atoms with E-state index in [0.717, 1.165) is 0 Å². The molecule has 0 N–H and O–H groups in total. The minimum Gasteiger partial charge on any atom is -0.710 e. The van der Waals surface area contributed by atoms with Crippen molar-refractivity contribution in [2.75, 3.05) is 7.05 Å². The van der Waals surface area contributed by atoms with Gasteiger partial charge in [0.15, 0.2) is 0 Å². The summed E-state index contributed by atoms with van der Waals surface area (Å²) in [5, 5.41) is 3.43. The van der Waals surface area contributed by atoms with Crippen molar-refractivity contribution in [3.05, 3.63) is 35.4 Å². The molecule has 1 heterocycles. The Balaban J connectivity index is 0. The fourth-order valence-electron chi connectivity index (χ4n) is 0.548. The second kappa shape index (κ2) is 7.72. The van der Waals surface area contributed by atoms with Crippen LogP contribution in [0.2, 0.25) is 0 Å². The van der Waals surface area contributed by atoms with E-state index in [-0.39, 0.29) is 11.6 Å². The molecule has 1 amide bonds. The summed E-state index contributed by atoms with van der Waals surface area (Å²) in [5.41, 5.74) is 0.269. The number of hydrogen-bond donors (Lipinski definition) is 0. The topological polar surface area (TPSA) is 44.1 Å². The van der Waals surface area contributed by atoms with Gasteiger partial charge < -0.3 is 10.1 Å². The van der Waals surface area contributed by atoms with E-state index >= 15 is 0 Å². The Morgan fingerprint density at radius 2 is 2.15 bits per heavy atom. The van der Waals surface area contributed by atoms with Gasteiger partial charge >= 0.3 is 0 Å². The Morgan fingerprint density at radius 1 is 1.54 bits per heavy atom. The summed E-state index contributed by atoms with van der Waals surface area (Å²) in [6.45, 7) is 4.00. The molecular formula is C9H12MdN2O-2. The van der Waals surface area contributed by atoms with Crippen LogP contribution < -0.4 is 0 Å². The SMILES string of the molecule is CC.C[N-]C(=O)c1[c-]cccn1.[Md]. The predicted octanol–water partition coefficient (Wildman–Crippen LogP) is 2.05. The smallest absolute Gasteiger partial charge is 0 e. The molecule has 0 aliphatic rings. The number of nitrogens with zero attached hydrogens (tertiary/aromatic N) is 2. The molecule has 1 aromatic rings. The average molecular weight is 422 g/mol. The molecular weight excluding hydrogens is 410 g/mol. The second-order valence-corrected chi connectivity index (χ2v) is 1.66. The Hall–Kier alpha value is -2.38. The van der Waals surface area contributed by atoms with Crippen LogP contribution in [0, 0.1) is 6.07 Å². The van der Waals surface area contributed by atoms with Crippen LogP contribution in [0.25, 0.3) is 5.32 Å². The van der Waals surface area contributed by atoms with Gasteiger partial charge in [0.05, 0.1) is 0 Å². The number of aromatic nitrogens is 1. The van der Waals surface area contributed by atoms with Crippen molar-refractivity contribution in [2.45, 2.75) is 13.8 Å². The Kier molecular flexibility index (Phi) is 7.86. The van der Waals surface area contributed by atoms with Crippen molar-refractivity contribution in [3.8, 4) is 0 Å². The molecule has 0 bridgehead atoms. The zero-order valence-corrected chi connectivity index (χ0v) is 10.1. The van der Waals surface area contributed by atoms with E-state index in [1.807, 2.05) is 13.8 Å². The molecule has 0 atom stereocenters. The molecule has 1 aromatic heterocycles.